The summed E-state index contributed by atoms with van der Waals surface area (Å²) < 4.78 is 1.95. The van der Waals surface area contributed by atoms with Gasteiger partial charge < -0.3 is 4.90 Å². The van der Waals surface area contributed by atoms with E-state index in [1.54, 1.807) is 0 Å². The molecular weight excluding hydrogens is 166 g/mol. The molecule has 0 aliphatic carbocycles. The summed E-state index contributed by atoms with van der Waals surface area (Å²) in [6, 6.07) is 0.506. The molecule has 13 heavy (non-hydrogen) atoms. The number of aromatic nitrogens is 4. The third-order valence-corrected chi connectivity index (χ3v) is 2.69. The number of hydrogen-bond donors (Lipinski definition) is 0. The van der Waals surface area contributed by atoms with Crippen molar-refractivity contribution in [3.8, 4) is 0 Å². The fourth-order valence-electron chi connectivity index (χ4n) is 1.82. The third-order valence-electron chi connectivity index (χ3n) is 2.69. The predicted molar refractivity (Wildman–Crippen MR) is 48.3 cm³/mol. The second kappa shape index (κ2) is 3.41. The van der Waals surface area contributed by atoms with Gasteiger partial charge in [0.05, 0.1) is 6.04 Å². The molecule has 0 aromatic carbocycles. The molecule has 0 bridgehead atoms. The molecule has 0 saturated carbocycles. The maximum atomic E-state index is 4.00. The maximum absolute atomic E-state index is 4.00. The van der Waals surface area contributed by atoms with Gasteiger partial charge in [-0.3, -0.25) is 0 Å². The van der Waals surface area contributed by atoms with E-state index >= 15 is 0 Å². The minimum absolute atomic E-state index is 0.506. The monoisotopic (exact) mass is 181 g/mol. The minimum atomic E-state index is 0.506. The molecule has 72 valence electrons. The average molecular weight is 181 g/mol. The Labute approximate surface area is 77.7 Å². The Morgan fingerprint density at radius 1 is 1.31 bits per heavy atom. The van der Waals surface area contributed by atoms with E-state index < -0.39 is 0 Å². The quantitative estimate of drug-likeness (QED) is 0.623. The van der Waals surface area contributed by atoms with Crippen LogP contribution in [0.3, 0.4) is 0 Å². The van der Waals surface area contributed by atoms with Crippen LogP contribution in [-0.4, -0.2) is 45.2 Å². The van der Waals surface area contributed by atoms with Crippen molar-refractivity contribution in [1.29, 1.82) is 0 Å². The summed E-state index contributed by atoms with van der Waals surface area (Å²) in [7, 11) is 2.16. The van der Waals surface area contributed by atoms with E-state index in [0.717, 1.165) is 31.8 Å². The van der Waals surface area contributed by atoms with Gasteiger partial charge in [0.15, 0.2) is 0 Å². The molecule has 1 fully saturated rings. The summed E-state index contributed by atoms with van der Waals surface area (Å²) >= 11 is 0. The number of hydrogen-bond acceptors (Lipinski definition) is 4. The zero-order valence-electron chi connectivity index (χ0n) is 8.14. The second-order valence-corrected chi connectivity index (χ2v) is 3.71. The van der Waals surface area contributed by atoms with E-state index in [2.05, 4.69) is 27.5 Å². The molecule has 1 aliphatic rings. The third kappa shape index (κ3) is 1.70. The van der Waals surface area contributed by atoms with Gasteiger partial charge in [0.1, 0.15) is 5.82 Å². The van der Waals surface area contributed by atoms with Crippen molar-refractivity contribution < 1.29 is 0 Å². The highest BCUT2D eigenvalue weighted by molar-refractivity contribution is 4.82. The Bertz CT molecular complexity index is 274. The molecule has 0 atom stereocenters. The molecule has 0 N–H and O–H groups in total. The summed E-state index contributed by atoms with van der Waals surface area (Å²) in [5.41, 5.74) is 0. The highest BCUT2D eigenvalue weighted by Crippen LogP contribution is 2.20. The average Bonchev–Trinajstić information content (AvgIpc) is 2.53. The number of rotatable bonds is 1. The van der Waals surface area contributed by atoms with Crippen molar-refractivity contribution >= 4 is 0 Å². The van der Waals surface area contributed by atoms with Gasteiger partial charge in [-0.2, -0.15) is 0 Å². The zero-order chi connectivity index (χ0) is 9.26. The Kier molecular flexibility index (Phi) is 2.26. The van der Waals surface area contributed by atoms with E-state index in [-0.39, 0.29) is 0 Å². The fourth-order valence-corrected chi connectivity index (χ4v) is 1.82. The molecule has 0 unspecified atom stereocenters. The van der Waals surface area contributed by atoms with Crippen LogP contribution in [0.25, 0.3) is 0 Å². The normalized spacial score (nSPS) is 20.8. The Morgan fingerprint density at radius 2 is 2.00 bits per heavy atom. The van der Waals surface area contributed by atoms with Gasteiger partial charge in [0.2, 0.25) is 0 Å². The van der Waals surface area contributed by atoms with Crippen molar-refractivity contribution in [2.24, 2.45) is 0 Å². The maximum Gasteiger partial charge on any atom is 0.148 e. The number of aryl methyl sites for hydroxylation is 1. The van der Waals surface area contributed by atoms with Gasteiger partial charge in [-0.25, -0.2) is 4.68 Å². The number of nitrogens with zero attached hydrogens (tertiary/aromatic N) is 5. The number of tetrazole rings is 1. The van der Waals surface area contributed by atoms with E-state index in [9.17, 15) is 0 Å². The van der Waals surface area contributed by atoms with Crippen LogP contribution in [0.1, 0.15) is 24.7 Å². The van der Waals surface area contributed by atoms with Crippen LogP contribution in [0.4, 0.5) is 0 Å². The van der Waals surface area contributed by atoms with Crippen molar-refractivity contribution in [1.82, 2.24) is 25.1 Å². The van der Waals surface area contributed by atoms with Crippen LogP contribution in [0.5, 0.6) is 0 Å². The van der Waals surface area contributed by atoms with E-state index in [4.69, 9.17) is 0 Å². The molecule has 5 heteroatoms. The van der Waals surface area contributed by atoms with Crippen molar-refractivity contribution in [2.45, 2.75) is 25.8 Å². The van der Waals surface area contributed by atoms with Crippen LogP contribution >= 0.6 is 0 Å². The van der Waals surface area contributed by atoms with E-state index in [1.807, 2.05) is 11.6 Å². The number of piperidine rings is 1. The molecule has 1 saturated heterocycles. The lowest BCUT2D eigenvalue weighted by Gasteiger charge is -2.28. The molecule has 0 amide bonds. The first-order chi connectivity index (χ1) is 6.27. The van der Waals surface area contributed by atoms with Gasteiger partial charge in [-0.05, 0) is 50.3 Å². The lowest BCUT2D eigenvalue weighted by molar-refractivity contribution is 0.209. The van der Waals surface area contributed by atoms with Crippen LogP contribution in [0, 0.1) is 6.92 Å². The summed E-state index contributed by atoms with van der Waals surface area (Å²) in [6.07, 6.45) is 2.31. The predicted octanol–water partition coefficient (Wildman–Crippen LogP) is 0.248. The van der Waals surface area contributed by atoms with Gasteiger partial charge in [0, 0.05) is 0 Å². The summed E-state index contributed by atoms with van der Waals surface area (Å²) in [5, 5.41) is 11.6. The van der Waals surface area contributed by atoms with Gasteiger partial charge in [0.25, 0.3) is 0 Å². The van der Waals surface area contributed by atoms with Crippen LogP contribution in [0.15, 0.2) is 0 Å². The fraction of sp³-hybridized carbons (Fsp3) is 0.875. The Balaban J connectivity index is 2.06. The molecule has 2 rings (SSSR count). The molecule has 2 heterocycles. The minimum Gasteiger partial charge on any atom is -0.306 e. The highest BCUT2D eigenvalue weighted by atomic mass is 15.5. The van der Waals surface area contributed by atoms with Crippen molar-refractivity contribution in [3.05, 3.63) is 5.82 Å². The number of likely N-dealkylation sites (tertiary alicyclic amines) is 1. The largest absolute Gasteiger partial charge is 0.306 e. The molecular formula is C8H15N5. The van der Waals surface area contributed by atoms with Crippen LogP contribution in [0.2, 0.25) is 0 Å². The van der Waals surface area contributed by atoms with Crippen LogP contribution < -0.4 is 0 Å². The summed E-state index contributed by atoms with van der Waals surface area (Å²) in [6.45, 7) is 4.24. The van der Waals surface area contributed by atoms with Gasteiger partial charge in [-0.1, -0.05) is 0 Å². The lowest BCUT2D eigenvalue weighted by atomic mass is 10.1. The van der Waals surface area contributed by atoms with E-state index in [1.165, 1.54) is 0 Å². The molecule has 5 nitrogen and oxygen atoms in total. The summed E-state index contributed by atoms with van der Waals surface area (Å²) in [4.78, 5) is 2.34. The summed E-state index contributed by atoms with van der Waals surface area (Å²) in [5.74, 6) is 0.926. The Hall–Kier alpha value is -0.970. The van der Waals surface area contributed by atoms with Crippen LogP contribution in [-0.2, 0) is 0 Å². The molecule has 1 aromatic rings. The molecule has 0 radical (unpaired) electrons. The van der Waals surface area contributed by atoms with Gasteiger partial charge in [-0.15, -0.1) is 5.10 Å². The smallest absolute Gasteiger partial charge is 0.148 e. The highest BCUT2D eigenvalue weighted by Gasteiger charge is 2.20. The Morgan fingerprint density at radius 3 is 2.54 bits per heavy atom. The van der Waals surface area contributed by atoms with Gasteiger partial charge >= 0.3 is 0 Å². The van der Waals surface area contributed by atoms with E-state index in [0.29, 0.717) is 6.04 Å². The lowest BCUT2D eigenvalue weighted by Crippen LogP contribution is -2.32. The SMILES string of the molecule is Cc1nnnn1C1CCN(C)CC1. The topological polar surface area (TPSA) is 46.8 Å². The van der Waals surface area contributed by atoms with Crippen molar-refractivity contribution in [2.75, 3.05) is 20.1 Å². The molecule has 1 aliphatic heterocycles. The molecule has 1 aromatic heterocycles. The zero-order valence-corrected chi connectivity index (χ0v) is 8.14. The standard InChI is InChI=1S/C8H15N5/c1-7-9-10-11-13(7)8-3-5-12(2)6-4-8/h8H,3-6H2,1-2H3. The van der Waals surface area contributed by atoms with Crippen molar-refractivity contribution in [3.63, 3.8) is 0 Å². The first kappa shape index (κ1) is 8.62. The first-order valence-electron chi connectivity index (χ1n) is 4.70. The molecule has 0 spiro atoms. The first-order valence-corrected chi connectivity index (χ1v) is 4.70. The second-order valence-electron chi connectivity index (χ2n) is 3.71.